The first-order valence-electron chi connectivity index (χ1n) is 11.8. The Hall–Kier alpha value is -4.41. The number of Topliss-reactive ketones (excluding diaryl/α,β-unsaturated/α-hetero) is 1. The second-order valence-electron chi connectivity index (χ2n) is 9.54. The highest BCUT2D eigenvalue weighted by Gasteiger charge is 2.39. The van der Waals surface area contributed by atoms with Crippen LogP contribution in [-0.2, 0) is 4.74 Å². The molecule has 3 heterocycles. The maximum atomic E-state index is 13.8. The summed E-state index contributed by atoms with van der Waals surface area (Å²) in [4.78, 5) is 31.2. The van der Waals surface area contributed by atoms with Gasteiger partial charge in [-0.05, 0) is 45.3 Å². The summed E-state index contributed by atoms with van der Waals surface area (Å²) >= 11 is 1.30. The Balaban J connectivity index is 1.43. The normalized spacial score (nSPS) is 16.1. The lowest BCUT2D eigenvalue weighted by molar-refractivity contribution is -0.574. The zero-order valence-electron chi connectivity index (χ0n) is 20.7. The minimum absolute atomic E-state index is 0.171. The first-order valence-corrected chi connectivity index (χ1v) is 12.7. The molecule has 2 aliphatic rings. The van der Waals surface area contributed by atoms with Gasteiger partial charge in [0.25, 0.3) is 0 Å². The predicted molar refractivity (Wildman–Crippen MR) is 143 cm³/mol. The SMILES string of the molecule is CC(C)(C)OC(=O)[n+]1c(C(=O)C2=CNC3C=C(C#Cc4ccccc4)[CH-]C=C23)c[s+][c-]1-c1cccnc1. The van der Waals surface area contributed by atoms with E-state index in [0.717, 1.165) is 22.3 Å². The monoisotopic (exact) mass is 507 g/mol. The van der Waals surface area contributed by atoms with Crippen LogP contribution in [-0.4, -0.2) is 28.5 Å². The van der Waals surface area contributed by atoms with Crippen LogP contribution in [0.1, 0.15) is 36.8 Å². The number of pyridine rings is 1. The Morgan fingerprint density at radius 2 is 1.97 bits per heavy atom. The van der Waals surface area contributed by atoms with Crippen LogP contribution >= 0.6 is 11.3 Å². The molecule has 0 bridgehead atoms. The molecule has 37 heavy (non-hydrogen) atoms. The highest BCUT2D eigenvalue weighted by Crippen LogP contribution is 2.31. The molecule has 7 heteroatoms. The molecule has 1 unspecified atom stereocenters. The number of aromatic nitrogens is 2. The number of carbonyl (C=O) groups is 2. The molecule has 3 aromatic rings. The van der Waals surface area contributed by atoms with Gasteiger partial charge in [-0.2, -0.15) is 5.92 Å². The van der Waals surface area contributed by atoms with Crippen LogP contribution in [0.15, 0.2) is 95.3 Å². The molecular weight excluding hydrogens is 482 g/mol. The van der Waals surface area contributed by atoms with Crippen molar-refractivity contribution in [2.75, 3.05) is 0 Å². The molecule has 0 fully saturated rings. The van der Waals surface area contributed by atoms with E-state index < -0.39 is 11.7 Å². The third kappa shape index (κ3) is 5.25. The van der Waals surface area contributed by atoms with Crippen LogP contribution < -0.4 is 9.88 Å². The van der Waals surface area contributed by atoms with Crippen LogP contribution in [0, 0.1) is 18.3 Å². The molecule has 0 radical (unpaired) electrons. The molecule has 184 valence electrons. The maximum Gasteiger partial charge on any atom is 0.550 e. The maximum absolute atomic E-state index is 13.8. The number of nitrogens with one attached hydrogen (secondary N) is 1. The summed E-state index contributed by atoms with van der Waals surface area (Å²) in [6.07, 6.45) is 10.2. The lowest BCUT2D eigenvalue weighted by Gasteiger charge is -2.23. The molecule has 0 saturated heterocycles. The van der Waals surface area contributed by atoms with Crippen molar-refractivity contribution in [3.8, 4) is 22.4 Å². The quantitative estimate of drug-likeness (QED) is 0.177. The average molecular weight is 508 g/mol. The Morgan fingerprint density at radius 3 is 2.70 bits per heavy atom. The summed E-state index contributed by atoms with van der Waals surface area (Å²) in [5, 5.41) is 5.54. The fraction of sp³-hybridized carbons (Fsp3) is 0.167. The average Bonchev–Trinajstić information content (AvgIpc) is 3.52. The van der Waals surface area contributed by atoms with E-state index in [2.05, 4.69) is 22.1 Å². The second kappa shape index (κ2) is 9.92. The fourth-order valence-electron chi connectivity index (χ4n) is 4.00. The van der Waals surface area contributed by atoms with Gasteiger partial charge >= 0.3 is 11.1 Å². The van der Waals surface area contributed by atoms with Gasteiger partial charge in [-0.15, -0.1) is 34.6 Å². The molecular formula is C30H25N3O3S. The van der Waals surface area contributed by atoms with Gasteiger partial charge in [0.15, 0.2) is 0 Å². The van der Waals surface area contributed by atoms with E-state index in [1.54, 1.807) is 50.8 Å². The van der Waals surface area contributed by atoms with Crippen molar-refractivity contribution in [2.45, 2.75) is 32.4 Å². The third-order valence-electron chi connectivity index (χ3n) is 5.65. The molecule has 1 aliphatic carbocycles. The Morgan fingerprint density at radius 1 is 1.16 bits per heavy atom. The Kier molecular flexibility index (Phi) is 6.51. The lowest BCUT2D eigenvalue weighted by Crippen LogP contribution is -2.50. The van der Waals surface area contributed by atoms with Gasteiger partial charge in [0, 0.05) is 28.9 Å². The molecule has 0 saturated carbocycles. The van der Waals surface area contributed by atoms with Crippen molar-refractivity contribution < 1.29 is 18.9 Å². The highest BCUT2D eigenvalue weighted by molar-refractivity contribution is 7.13. The number of hydrogen-bond acceptors (Lipinski definition) is 5. The van der Waals surface area contributed by atoms with E-state index in [4.69, 9.17) is 4.74 Å². The van der Waals surface area contributed by atoms with Gasteiger partial charge in [-0.3, -0.25) is 9.78 Å². The summed E-state index contributed by atoms with van der Waals surface area (Å²) in [6.45, 7) is 5.39. The topological polar surface area (TPSA) is 72.2 Å². The smallest absolute Gasteiger partial charge is 0.435 e. The van der Waals surface area contributed by atoms with E-state index in [0.29, 0.717) is 10.6 Å². The Labute approximate surface area is 220 Å². The second-order valence-corrected chi connectivity index (χ2v) is 10.4. The largest absolute Gasteiger partial charge is 0.550 e. The van der Waals surface area contributed by atoms with Crippen molar-refractivity contribution in [2.24, 2.45) is 0 Å². The minimum Gasteiger partial charge on any atom is -0.435 e. The number of hydrogen-bond donors (Lipinski definition) is 1. The number of allylic oxidation sites excluding steroid dienone is 2. The molecule has 1 atom stereocenters. The van der Waals surface area contributed by atoms with Crippen LogP contribution in [0.3, 0.4) is 0 Å². The number of carbonyl (C=O) groups excluding carboxylic acids is 2. The fourth-order valence-corrected chi connectivity index (χ4v) is 4.97. The van der Waals surface area contributed by atoms with Crippen LogP contribution in [0.5, 0.6) is 0 Å². The molecule has 2 aromatic heterocycles. The molecule has 1 aromatic carbocycles. The number of rotatable bonds is 3. The first kappa shape index (κ1) is 24.3. The van der Waals surface area contributed by atoms with E-state index >= 15 is 0 Å². The van der Waals surface area contributed by atoms with E-state index in [-0.39, 0.29) is 17.5 Å². The molecule has 0 spiro atoms. The molecule has 5 rings (SSSR count). The van der Waals surface area contributed by atoms with Gasteiger partial charge in [0.2, 0.25) is 28.2 Å². The number of ketones is 1. The zero-order chi connectivity index (χ0) is 26.0. The Bertz CT molecular complexity index is 1510. The third-order valence-corrected chi connectivity index (χ3v) is 6.64. The summed E-state index contributed by atoms with van der Waals surface area (Å²) < 4.78 is 7.01. The van der Waals surface area contributed by atoms with E-state index in [1.807, 2.05) is 55.0 Å². The van der Waals surface area contributed by atoms with E-state index in [9.17, 15) is 9.59 Å². The number of fused-ring (bicyclic) bond motifs is 1. The van der Waals surface area contributed by atoms with Crippen molar-refractivity contribution >= 4 is 23.2 Å². The first-order chi connectivity index (χ1) is 17.8. The van der Waals surface area contributed by atoms with Gasteiger partial charge < -0.3 is 10.1 Å². The van der Waals surface area contributed by atoms with E-state index in [1.165, 1.54) is 15.9 Å². The molecule has 0 amide bonds. The van der Waals surface area contributed by atoms with Gasteiger partial charge in [-0.1, -0.05) is 35.9 Å². The number of nitrogens with zero attached hydrogens (tertiary/aromatic N) is 2. The summed E-state index contributed by atoms with van der Waals surface area (Å²) in [7, 11) is 0. The summed E-state index contributed by atoms with van der Waals surface area (Å²) in [6, 6.07) is 13.3. The minimum atomic E-state index is -0.722. The number of ether oxygens (including phenoxy) is 1. The highest BCUT2D eigenvalue weighted by atomic mass is 32.1. The van der Waals surface area contributed by atoms with Gasteiger partial charge in [-0.25, -0.2) is 4.79 Å². The number of thiazole rings is 1. The van der Waals surface area contributed by atoms with Crippen molar-refractivity contribution in [3.63, 3.8) is 0 Å². The summed E-state index contributed by atoms with van der Waals surface area (Å²) in [5.41, 5.74) is 3.38. The van der Waals surface area contributed by atoms with Gasteiger partial charge in [0.1, 0.15) is 5.60 Å². The van der Waals surface area contributed by atoms with Gasteiger partial charge in [0.05, 0.1) is 0 Å². The predicted octanol–water partition coefficient (Wildman–Crippen LogP) is 5.04. The standard InChI is InChI=1S/C30H25N3O3S/c1-30(2,3)36-29(35)33-26(19-37-28(33)22-10-7-15-31-17-22)27(34)24-18-32-25-16-21(13-14-23(24)25)12-11-20-8-5-4-6-9-20/h4-10,13-19,25,32H,1-3H3. The molecule has 6 nitrogen and oxygen atoms in total. The number of benzene rings is 1. The van der Waals surface area contributed by atoms with Crippen LogP contribution in [0.2, 0.25) is 0 Å². The molecule has 1 N–H and O–H groups in total. The van der Waals surface area contributed by atoms with Crippen LogP contribution in [0.25, 0.3) is 10.6 Å². The van der Waals surface area contributed by atoms with Crippen molar-refractivity contribution in [3.05, 3.63) is 113 Å². The molecule has 1 aliphatic heterocycles. The van der Waals surface area contributed by atoms with Crippen molar-refractivity contribution in [1.82, 2.24) is 10.3 Å². The zero-order valence-corrected chi connectivity index (χ0v) is 21.5. The lowest BCUT2D eigenvalue weighted by atomic mass is 9.90. The van der Waals surface area contributed by atoms with Crippen LogP contribution in [0.4, 0.5) is 4.79 Å². The summed E-state index contributed by atoms with van der Waals surface area (Å²) in [5.74, 6) is 6.08. The van der Waals surface area contributed by atoms with Crippen molar-refractivity contribution in [1.29, 1.82) is 0 Å².